The number of Topliss-reactive ketones (excluding diaryl/α,β-unsaturated/α-hetero) is 2. The van der Waals surface area contributed by atoms with Crippen LogP contribution in [0.4, 0.5) is 21.2 Å². The summed E-state index contributed by atoms with van der Waals surface area (Å²) in [5, 5.41) is 27.5. The largest absolute Gasteiger partial charge is 0.492 e. The molecule has 74 heavy (non-hydrogen) atoms. The first kappa shape index (κ1) is 52.1. The van der Waals surface area contributed by atoms with Gasteiger partial charge in [-0.1, -0.05) is 33.7 Å². The number of ketones is 2. The van der Waals surface area contributed by atoms with E-state index in [1.54, 1.807) is 41.3 Å². The first-order valence-corrected chi connectivity index (χ1v) is 24.8. The molecule has 2 aromatic carbocycles. The first-order chi connectivity index (χ1) is 35.4. The number of carbonyl (C=O) groups is 8. The number of aromatic amines is 1. The van der Waals surface area contributed by atoms with Gasteiger partial charge in [-0.05, 0) is 55.3 Å². The third-order valence-electron chi connectivity index (χ3n) is 12.7. The van der Waals surface area contributed by atoms with Crippen LogP contribution in [-0.4, -0.2) is 150 Å². The van der Waals surface area contributed by atoms with E-state index in [-0.39, 0.29) is 77.1 Å². The van der Waals surface area contributed by atoms with Crippen LogP contribution in [0.3, 0.4) is 0 Å². The van der Waals surface area contributed by atoms with Crippen molar-refractivity contribution in [1.82, 2.24) is 40.4 Å². The minimum Gasteiger partial charge on any atom is -0.492 e. The molecule has 28 heteroatoms. The van der Waals surface area contributed by atoms with Crippen molar-refractivity contribution >= 4 is 91.9 Å². The number of fused-ring (bicyclic) bond motifs is 5. The van der Waals surface area contributed by atoms with Gasteiger partial charge in [0, 0.05) is 53.1 Å². The smallest absolute Gasteiger partial charge is 0.410 e. The van der Waals surface area contributed by atoms with E-state index in [1.807, 2.05) is 0 Å². The summed E-state index contributed by atoms with van der Waals surface area (Å²) in [6, 6.07) is 8.95. The Balaban J connectivity index is 0.771. The van der Waals surface area contributed by atoms with Crippen LogP contribution in [0.15, 0.2) is 87.0 Å². The molecule has 4 amide bonds. The Hall–Kier alpha value is -8.24. The third kappa shape index (κ3) is 10.4. The predicted molar refractivity (Wildman–Crippen MR) is 260 cm³/mol. The number of rotatable bonds is 21. The van der Waals surface area contributed by atoms with Gasteiger partial charge in [0.2, 0.25) is 23.4 Å². The number of nitrogen functional groups attached to an aromatic ring is 1. The number of allylic oxidation sites excluding steroid dienone is 2. The number of methoxy groups -OCH3 is 2. The second kappa shape index (κ2) is 21.5. The Morgan fingerprint density at radius 3 is 2.32 bits per heavy atom. The fourth-order valence-corrected chi connectivity index (χ4v) is 11.3. The molecular formula is C46H47N11O15S2. The number of H-pyrrole nitrogens is 1. The summed E-state index contributed by atoms with van der Waals surface area (Å²) in [7, 11) is 5.00. The fraction of sp³-hybridized carbons (Fsp3) is 0.348. The molecule has 8 rings (SSSR count). The van der Waals surface area contributed by atoms with Gasteiger partial charge in [0.15, 0.2) is 22.6 Å². The number of nitrogens with one attached hydrogen (secondary N) is 4. The van der Waals surface area contributed by atoms with E-state index in [9.17, 15) is 53.4 Å². The Bertz CT molecular complexity index is 3100. The monoisotopic (exact) mass is 1060 g/mol. The number of carbonyl (C=O) groups excluding carboxylic acids is 6. The number of aromatic nitrogens is 4. The molecule has 5 heterocycles. The average molecular weight is 1060 g/mol. The number of amides is 4. The molecular weight excluding hydrogens is 1010 g/mol. The van der Waals surface area contributed by atoms with Crippen molar-refractivity contribution in [2.24, 2.45) is 11.7 Å². The lowest BCUT2D eigenvalue weighted by Crippen LogP contribution is -2.56. The van der Waals surface area contributed by atoms with Crippen LogP contribution in [0.1, 0.15) is 41.4 Å². The Kier molecular flexibility index (Phi) is 15.1. The second-order valence-electron chi connectivity index (χ2n) is 17.1. The quantitative estimate of drug-likeness (QED) is 0.0331. The lowest BCUT2D eigenvalue weighted by atomic mass is 9.83. The summed E-state index contributed by atoms with van der Waals surface area (Å²) >= 11 is 0. The lowest BCUT2D eigenvalue weighted by Gasteiger charge is -2.40. The number of nitrogens with two attached hydrogens (primary N) is 2. The van der Waals surface area contributed by atoms with Crippen LogP contribution in [0, 0.1) is 5.92 Å². The molecule has 2 fully saturated rings. The molecule has 2 saturated heterocycles. The van der Waals surface area contributed by atoms with E-state index in [0.717, 1.165) is 10.8 Å². The van der Waals surface area contributed by atoms with Crippen LogP contribution < -0.4 is 33.0 Å². The number of anilines is 2. The number of hydrogen-bond donors (Lipinski definition) is 8. The molecule has 0 spiro atoms. The highest BCUT2D eigenvalue weighted by molar-refractivity contribution is 8.76. The zero-order chi connectivity index (χ0) is 53.2. The molecule has 6 atom stereocenters. The third-order valence-corrected chi connectivity index (χ3v) is 15.1. The van der Waals surface area contributed by atoms with Gasteiger partial charge in [0.1, 0.15) is 31.3 Å². The second-order valence-corrected chi connectivity index (χ2v) is 19.5. The summed E-state index contributed by atoms with van der Waals surface area (Å²) in [4.78, 5) is 133. The van der Waals surface area contributed by atoms with Gasteiger partial charge in [0.25, 0.3) is 11.5 Å². The maximum absolute atomic E-state index is 13.7. The molecule has 4 aromatic rings. The topological polar surface area (TPSA) is 380 Å². The van der Waals surface area contributed by atoms with E-state index in [2.05, 4.69) is 35.9 Å². The maximum Gasteiger partial charge on any atom is 0.410 e. The van der Waals surface area contributed by atoms with Crippen molar-refractivity contribution < 1.29 is 67.5 Å². The van der Waals surface area contributed by atoms with Crippen molar-refractivity contribution in [3.63, 3.8) is 0 Å². The minimum absolute atomic E-state index is 0.0124. The van der Waals surface area contributed by atoms with Crippen molar-refractivity contribution in [1.29, 1.82) is 0 Å². The summed E-state index contributed by atoms with van der Waals surface area (Å²) in [5.41, 5.74) is 10.9. The molecule has 2 aromatic heterocycles. The standard InChI is InChI=1S/C46H47N11O15S2/c1-20-34(59)33-31(35(60)36(20)69-2)26(18-71-44(48)67)46(70-3)37-29(16-56(33)46)57(37)45(68)72-17-21-4-10-25(11-5-21)74-73-19-28(42(65)66)52-30(58)13-12-27(41(63)64)53-39(61)22-6-8-23(9-7-22)49-14-24-15-50-38-32(51-24)40(62)55-43(47)54-38/h4-11,15,26-29,37,49H,12-14,16-19H2,1-3H3,(H2,48,67)(H,52,58)(H,53,61)(H,63,64)(H,65,66)(H3,47,50,54,55,62). The molecule has 3 aliphatic heterocycles. The molecule has 26 nitrogen and oxygen atoms in total. The Morgan fingerprint density at radius 1 is 0.946 bits per heavy atom. The average Bonchev–Trinajstić information content (AvgIpc) is 3.88. The van der Waals surface area contributed by atoms with E-state index in [0.29, 0.717) is 21.8 Å². The van der Waals surface area contributed by atoms with E-state index in [4.69, 9.17) is 30.4 Å². The van der Waals surface area contributed by atoms with Crippen molar-refractivity contribution in [2.75, 3.05) is 44.2 Å². The normalized spacial score (nSPS) is 20.3. The minimum atomic E-state index is -1.47. The number of hydrogen-bond acceptors (Lipinski definition) is 21. The van der Waals surface area contributed by atoms with Gasteiger partial charge in [-0.3, -0.25) is 33.9 Å². The number of nitrogens with zero attached hydrogens (tertiary/aromatic N) is 5. The predicted octanol–water partition coefficient (Wildman–Crippen LogP) is 1.28. The van der Waals surface area contributed by atoms with Crippen molar-refractivity contribution in [2.45, 2.75) is 67.7 Å². The van der Waals surface area contributed by atoms with Crippen molar-refractivity contribution in [3.05, 3.63) is 105 Å². The molecule has 1 aliphatic carbocycles. The zero-order valence-electron chi connectivity index (χ0n) is 39.4. The molecule has 0 bridgehead atoms. The summed E-state index contributed by atoms with van der Waals surface area (Å²) in [6.45, 7) is 1.22. The van der Waals surface area contributed by atoms with E-state index in [1.165, 1.54) is 55.2 Å². The van der Waals surface area contributed by atoms with Crippen LogP contribution in [0.5, 0.6) is 0 Å². The van der Waals surface area contributed by atoms with Gasteiger partial charge in [-0.15, -0.1) is 0 Å². The van der Waals surface area contributed by atoms with Crippen molar-refractivity contribution in [3.8, 4) is 0 Å². The van der Waals surface area contributed by atoms with Crippen LogP contribution >= 0.6 is 21.6 Å². The molecule has 0 radical (unpaired) electrons. The van der Waals surface area contributed by atoms with Crippen LogP contribution in [0.2, 0.25) is 0 Å². The number of primary amides is 1. The van der Waals surface area contributed by atoms with Gasteiger partial charge >= 0.3 is 24.1 Å². The molecule has 388 valence electrons. The highest BCUT2D eigenvalue weighted by Gasteiger charge is 2.78. The lowest BCUT2D eigenvalue weighted by molar-refractivity contribution is -0.144. The Labute approximate surface area is 426 Å². The van der Waals surface area contributed by atoms with Gasteiger partial charge in [-0.25, -0.2) is 29.1 Å². The summed E-state index contributed by atoms with van der Waals surface area (Å²) < 4.78 is 22.1. The summed E-state index contributed by atoms with van der Waals surface area (Å²) in [5.74, 6) is -6.52. The van der Waals surface area contributed by atoms with E-state index >= 15 is 0 Å². The fourth-order valence-electron chi connectivity index (χ4n) is 9.16. The maximum atomic E-state index is 13.7. The van der Waals surface area contributed by atoms with E-state index < -0.39 is 102 Å². The SMILES string of the molecule is COC1=C(C)C(=O)C2=C(C1=O)C(COC(N)=O)C1(OC)C3C(CN21)N3C(=O)OCc1ccc(SSCC(NC(=O)CCC(NC(=O)c2ccc(NCc3cnc4nc(N)[nH]c(=O)c4n3)cc2)C(=O)O)C(=O)O)cc1. The van der Waals surface area contributed by atoms with Crippen LogP contribution in [0.25, 0.3) is 11.2 Å². The number of carboxylic acid groups (broad SMARTS) is 2. The number of aliphatic carboxylic acids is 2. The number of carboxylic acids is 2. The highest BCUT2D eigenvalue weighted by Crippen LogP contribution is 2.60. The van der Waals surface area contributed by atoms with Crippen LogP contribution in [-0.2, 0) is 56.1 Å². The first-order valence-electron chi connectivity index (χ1n) is 22.4. The molecule has 4 aliphatic rings. The molecule has 6 unspecified atom stereocenters. The van der Waals surface area contributed by atoms with Gasteiger partial charge in [-0.2, -0.15) is 4.98 Å². The number of ether oxygens (including phenoxy) is 4. The highest BCUT2D eigenvalue weighted by atomic mass is 33.1. The van der Waals surface area contributed by atoms with Gasteiger partial charge < -0.3 is 61.5 Å². The summed E-state index contributed by atoms with van der Waals surface area (Å²) in [6.07, 6.45) is -1.11. The molecule has 10 N–H and O–H groups in total. The Morgan fingerprint density at radius 2 is 1.66 bits per heavy atom. The van der Waals surface area contributed by atoms with Gasteiger partial charge in [0.05, 0.1) is 43.2 Å². The number of piperazine rings is 1. The zero-order valence-corrected chi connectivity index (χ0v) is 41.1. The molecule has 0 saturated carbocycles. The number of benzene rings is 2.